The van der Waals surface area contributed by atoms with E-state index in [1.54, 1.807) is 12.1 Å². The molecule has 24 heavy (non-hydrogen) atoms. The Bertz CT molecular complexity index is 985. The summed E-state index contributed by atoms with van der Waals surface area (Å²) in [7, 11) is 2.79. The Labute approximate surface area is 137 Å². The number of methoxy groups -OCH3 is 2. The first kappa shape index (κ1) is 15.4. The van der Waals surface area contributed by atoms with Crippen molar-refractivity contribution in [1.82, 2.24) is 9.55 Å². The van der Waals surface area contributed by atoms with Crippen LogP contribution in [0, 0.1) is 11.3 Å². The second-order valence-electron chi connectivity index (χ2n) is 4.98. The molecule has 2 heterocycles. The van der Waals surface area contributed by atoms with Gasteiger partial charge < -0.3 is 19.8 Å². The van der Waals surface area contributed by atoms with Crippen LogP contribution in [0.4, 0.5) is 5.69 Å². The van der Waals surface area contributed by atoms with Gasteiger partial charge in [-0.25, -0.2) is 9.78 Å². The number of para-hydroxylation sites is 1. The minimum Gasteiger partial charge on any atom is -0.481 e. The number of aromatic nitrogens is 2. The van der Waals surface area contributed by atoms with Gasteiger partial charge in [-0.2, -0.15) is 5.26 Å². The summed E-state index contributed by atoms with van der Waals surface area (Å²) in [5.74, 6) is -0.191. The van der Waals surface area contributed by atoms with Crippen molar-refractivity contribution in [3.05, 3.63) is 47.8 Å². The minimum atomic E-state index is -0.631. The summed E-state index contributed by atoms with van der Waals surface area (Å²) in [6, 6.07) is 11.1. The monoisotopic (exact) mass is 322 g/mol. The molecule has 0 spiro atoms. The molecule has 0 atom stereocenters. The van der Waals surface area contributed by atoms with Crippen molar-refractivity contribution in [2.75, 3.05) is 20.0 Å². The van der Waals surface area contributed by atoms with Gasteiger partial charge in [-0.3, -0.25) is 0 Å². The second-order valence-corrected chi connectivity index (χ2v) is 4.98. The second kappa shape index (κ2) is 5.93. The van der Waals surface area contributed by atoms with Gasteiger partial charge in [0.2, 0.25) is 5.88 Å². The van der Waals surface area contributed by atoms with Crippen molar-refractivity contribution >= 4 is 22.6 Å². The van der Waals surface area contributed by atoms with E-state index >= 15 is 0 Å². The number of pyridine rings is 1. The van der Waals surface area contributed by atoms with Crippen LogP contribution in [0.15, 0.2) is 36.5 Å². The molecule has 7 heteroatoms. The number of anilines is 1. The van der Waals surface area contributed by atoms with Crippen molar-refractivity contribution in [2.45, 2.75) is 0 Å². The van der Waals surface area contributed by atoms with E-state index in [4.69, 9.17) is 15.2 Å². The van der Waals surface area contributed by atoms with E-state index in [0.29, 0.717) is 17.1 Å². The van der Waals surface area contributed by atoms with E-state index < -0.39 is 5.97 Å². The van der Waals surface area contributed by atoms with Crippen LogP contribution in [0.1, 0.15) is 16.1 Å². The number of carbonyl (C=O) groups is 1. The average molecular weight is 322 g/mol. The SMILES string of the molecule is COC(=O)c1c(N)c(C#N)cn1-c1cccc2ccc(OC)nc12. The summed E-state index contributed by atoms with van der Waals surface area (Å²) in [6.07, 6.45) is 1.50. The molecule has 0 aliphatic heterocycles. The number of carbonyl (C=O) groups excluding carboxylic acids is 1. The Hall–Kier alpha value is -3.53. The number of nitrogens with two attached hydrogens (primary N) is 1. The molecule has 0 saturated heterocycles. The molecule has 0 aliphatic carbocycles. The topological polar surface area (TPSA) is 103 Å². The summed E-state index contributed by atoms with van der Waals surface area (Å²) in [5, 5.41) is 10.1. The zero-order valence-corrected chi connectivity index (χ0v) is 13.1. The Morgan fingerprint density at radius 2 is 2.08 bits per heavy atom. The highest BCUT2D eigenvalue weighted by Gasteiger charge is 2.22. The maximum absolute atomic E-state index is 12.1. The van der Waals surface area contributed by atoms with E-state index in [9.17, 15) is 10.1 Å². The van der Waals surface area contributed by atoms with Crippen LogP contribution in [-0.4, -0.2) is 29.7 Å². The molecule has 0 radical (unpaired) electrons. The lowest BCUT2D eigenvalue weighted by Crippen LogP contribution is -2.11. The number of nitrogen functional groups attached to an aromatic ring is 1. The average Bonchev–Trinajstić information content (AvgIpc) is 2.96. The molecule has 7 nitrogen and oxygen atoms in total. The number of esters is 1. The van der Waals surface area contributed by atoms with Gasteiger partial charge in [0.05, 0.1) is 36.7 Å². The van der Waals surface area contributed by atoms with Crippen molar-refractivity contribution in [3.63, 3.8) is 0 Å². The van der Waals surface area contributed by atoms with Gasteiger partial charge >= 0.3 is 5.97 Å². The Morgan fingerprint density at radius 3 is 2.75 bits per heavy atom. The predicted octanol–water partition coefficient (Wildman–Crippen LogP) is 2.27. The van der Waals surface area contributed by atoms with E-state index in [1.807, 2.05) is 24.3 Å². The van der Waals surface area contributed by atoms with Gasteiger partial charge in [0.1, 0.15) is 6.07 Å². The molecular weight excluding hydrogens is 308 g/mol. The summed E-state index contributed by atoms with van der Waals surface area (Å²) in [6.45, 7) is 0. The molecule has 1 aromatic carbocycles. The first-order valence-electron chi connectivity index (χ1n) is 7.04. The van der Waals surface area contributed by atoms with E-state index in [2.05, 4.69) is 4.98 Å². The highest BCUT2D eigenvalue weighted by Crippen LogP contribution is 2.29. The largest absolute Gasteiger partial charge is 0.481 e. The lowest BCUT2D eigenvalue weighted by atomic mass is 10.2. The smallest absolute Gasteiger partial charge is 0.357 e. The maximum atomic E-state index is 12.1. The summed E-state index contributed by atoms with van der Waals surface area (Å²) in [4.78, 5) is 16.6. The fraction of sp³-hybridized carbons (Fsp3) is 0.118. The third-order valence-corrected chi connectivity index (χ3v) is 3.69. The van der Waals surface area contributed by atoms with E-state index in [-0.39, 0.29) is 16.9 Å². The van der Waals surface area contributed by atoms with Crippen LogP contribution in [0.25, 0.3) is 16.6 Å². The van der Waals surface area contributed by atoms with E-state index in [1.165, 1.54) is 25.0 Å². The molecule has 0 fully saturated rings. The molecule has 2 aromatic heterocycles. The van der Waals surface area contributed by atoms with Gasteiger partial charge in [-0.15, -0.1) is 0 Å². The van der Waals surface area contributed by atoms with Crippen LogP contribution in [-0.2, 0) is 4.74 Å². The molecule has 0 aliphatic rings. The normalized spacial score (nSPS) is 10.4. The fourth-order valence-corrected chi connectivity index (χ4v) is 2.53. The molecule has 0 bridgehead atoms. The first-order valence-corrected chi connectivity index (χ1v) is 7.04. The van der Waals surface area contributed by atoms with Crippen molar-refractivity contribution in [3.8, 4) is 17.6 Å². The molecule has 2 N–H and O–H groups in total. The Balaban J connectivity index is 2.36. The number of benzene rings is 1. The van der Waals surface area contributed by atoms with E-state index in [0.717, 1.165) is 5.39 Å². The number of hydrogen-bond donors (Lipinski definition) is 1. The van der Waals surface area contributed by atoms with Crippen LogP contribution in [0.3, 0.4) is 0 Å². The third-order valence-electron chi connectivity index (χ3n) is 3.69. The first-order chi connectivity index (χ1) is 11.6. The zero-order chi connectivity index (χ0) is 17.3. The zero-order valence-electron chi connectivity index (χ0n) is 13.1. The highest BCUT2D eigenvalue weighted by molar-refractivity contribution is 5.97. The van der Waals surface area contributed by atoms with Crippen LogP contribution in [0.5, 0.6) is 5.88 Å². The molecular formula is C17H14N4O3. The quantitative estimate of drug-likeness (QED) is 0.742. The maximum Gasteiger partial charge on any atom is 0.357 e. The Morgan fingerprint density at radius 1 is 1.29 bits per heavy atom. The number of hydrogen-bond acceptors (Lipinski definition) is 6. The van der Waals surface area contributed by atoms with Crippen LogP contribution < -0.4 is 10.5 Å². The molecule has 120 valence electrons. The van der Waals surface area contributed by atoms with Crippen molar-refractivity contribution in [1.29, 1.82) is 5.26 Å². The van der Waals surface area contributed by atoms with Crippen LogP contribution in [0.2, 0.25) is 0 Å². The van der Waals surface area contributed by atoms with Gasteiger partial charge in [-0.05, 0) is 12.1 Å². The van der Waals surface area contributed by atoms with Gasteiger partial charge in [-0.1, -0.05) is 12.1 Å². The van der Waals surface area contributed by atoms with Gasteiger partial charge in [0, 0.05) is 17.6 Å². The number of rotatable bonds is 3. The summed E-state index contributed by atoms with van der Waals surface area (Å²) in [5.41, 5.74) is 7.50. The third kappa shape index (κ3) is 2.30. The molecule has 0 unspecified atom stereocenters. The van der Waals surface area contributed by atoms with Gasteiger partial charge in [0.15, 0.2) is 5.69 Å². The Kier molecular flexibility index (Phi) is 3.80. The van der Waals surface area contributed by atoms with Crippen LogP contribution >= 0.6 is 0 Å². The fourth-order valence-electron chi connectivity index (χ4n) is 2.53. The number of nitrogens with zero attached hydrogens (tertiary/aromatic N) is 3. The minimum absolute atomic E-state index is 0.0734. The predicted molar refractivity (Wildman–Crippen MR) is 88.1 cm³/mol. The number of ether oxygens (including phenoxy) is 2. The highest BCUT2D eigenvalue weighted by atomic mass is 16.5. The molecule has 0 amide bonds. The van der Waals surface area contributed by atoms with Crippen molar-refractivity contribution < 1.29 is 14.3 Å². The lowest BCUT2D eigenvalue weighted by molar-refractivity contribution is 0.0593. The number of fused-ring (bicyclic) bond motifs is 1. The lowest BCUT2D eigenvalue weighted by Gasteiger charge is -2.11. The van der Waals surface area contributed by atoms with Gasteiger partial charge in [0.25, 0.3) is 0 Å². The summed E-state index contributed by atoms with van der Waals surface area (Å²) < 4.78 is 11.5. The number of nitriles is 1. The molecule has 3 rings (SSSR count). The van der Waals surface area contributed by atoms with Crippen molar-refractivity contribution in [2.24, 2.45) is 0 Å². The molecule has 3 aromatic rings. The summed E-state index contributed by atoms with van der Waals surface area (Å²) >= 11 is 0. The standard InChI is InChI=1S/C17H14N4O3/c1-23-13-7-6-10-4-3-5-12(15(10)20-13)21-9-11(8-18)14(19)16(21)17(22)24-2/h3-7,9H,19H2,1-2H3. The molecule has 0 saturated carbocycles.